The van der Waals surface area contributed by atoms with Crippen LogP contribution >= 0.6 is 27.3 Å². The van der Waals surface area contributed by atoms with Crippen LogP contribution in [-0.2, 0) is 10.0 Å². The van der Waals surface area contributed by atoms with Crippen LogP contribution in [0.1, 0.15) is 5.01 Å². The zero-order valence-electron chi connectivity index (χ0n) is 9.02. The van der Waals surface area contributed by atoms with E-state index >= 15 is 0 Å². The summed E-state index contributed by atoms with van der Waals surface area (Å²) in [4.78, 5) is -0.170. The number of hydrogen-bond donors (Lipinski definition) is 1. The van der Waals surface area contributed by atoms with E-state index in [2.05, 4.69) is 30.8 Å². The molecule has 9 heteroatoms. The van der Waals surface area contributed by atoms with E-state index < -0.39 is 15.8 Å². The van der Waals surface area contributed by atoms with Gasteiger partial charge in [0.25, 0.3) is 10.0 Å². The van der Waals surface area contributed by atoms with Gasteiger partial charge in [0.2, 0.25) is 5.13 Å². The SMILES string of the molecule is Cc1nnc(NS(=O)(=O)c2ccc(Br)c(F)c2)s1. The predicted molar refractivity (Wildman–Crippen MR) is 69.6 cm³/mol. The third-order valence-corrected chi connectivity index (χ3v) is 4.81. The van der Waals surface area contributed by atoms with Crippen molar-refractivity contribution in [3.8, 4) is 0 Å². The topological polar surface area (TPSA) is 72.0 Å². The Balaban J connectivity index is 2.33. The van der Waals surface area contributed by atoms with Gasteiger partial charge in [-0.1, -0.05) is 11.3 Å². The fourth-order valence-corrected chi connectivity index (χ4v) is 3.24. The summed E-state index contributed by atoms with van der Waals surface area (Å²) < 4.78 is 39.6. The molecule has 0 spiro atoms. The average molecular weight is 352 g/mol. The summed E-state index contributed by atoms with van der Waals surface area (Å²) in [5.41, 5.74) is 0. The summed E-state index contributed by atoms with van der Waals surface area (Å²) in [7, 11) is -3.84. The molecule has 0 amide bonds. The molecule has 0 bridgehead atoms. The Hall–Kier alpha value is -1.06. The van der Waals surface area contributed by atoms with E-state index in [0.29, 0.717) is 5.01 Å². The maximum absolute atomic E-state index is 13.3. The third kappa shape index (κ3) is 2.85. The number of sulfonamides is 1. The van der Waals surface area contributed by atoms with E-state index in [9.17, 15) is 12.8 Å². The monoisotopic (exact) mass is 351 g/mol. The summed E-state index contributed by atoms with van der Waals surface area (Å²) in [6.07, 6.45) is 0. The van der Waals surface area contributed by atoms with Crippen molar-refractivity contribution < 1.29 is 12.8 Å². The quantitative estimate of drug-likeness (QED) is 0.922. The molecule has 0 saturated carbocycles. The van der Waals surface area contributed by atoms with Crippen LogP contribution in [0.2, 0.25) is 0 Å². The molecule has 0 fully saturated rings. The van der Waals surface area contributed by atoms with Crippen LogP contribution in [0.5, 0.6) is 0 Å². The van der Waals surface area contributed by atoms with Crippen molar-refractivity contribution in [1.29, 1.82) is 0 Å². The molecule has 1 heterocycles. The molecular weight excluding hydrogens is 345 g/mol. The first-order chi connectivity index (χ1) is 8.38. The lowest BCUT2D eigenvalue weighted by Crippen LogP contribution is -2.13. The number of nitrogens with one attached hydrogen (secondary N) is 1. The number of aryl methyl sites for hydroxylation is 1. The Morgan fingerprint density at radius 3 is 2.67 bits per heavy atom. The molecule has 0 atom stereocenters. The van der Waals surface area contributed by atoms with Gasteiger partial charge in [0.15, 0.2) is 0 Å². The smallest absolute Gasteiger partial charge is 0.253 e. The molecule has 0 saturated heterocycles. The second kappa shape index (κ2) is 4.90. The van der Waals surface area contributed by atoms with E-state index in [0.717, 1.165) is 17.4 Å². The van der Waals surface area contributed by atoms with Crippen LogP contribution in [0.15, 0.2) is 27.6 Å². The van der Waals surface area contributed by atoms with Crippen LogP contribution in [0.3, 0.4) is 0 Å². The average Bonchev–Trinajstić information content (AvgIpc) is 2.67. The lowest BCUT2D eigenvalue weighted by molar-refractivity contribution is 0.593. The summed E-state index contributed by atoms with van der Waals surface area (Å²) in [5.74, 6) is -0.647. The number of anilines is 1. The highest BCUT2D eigenvalue weighted by atomic mass is 79.9. The molecule has 0 radical (unpaired) electrons. The largest absolute Gasteiger partial charge is 0.263 e. The van der Waals surface area contributed by atoms with Gasteiger partial charge in [-0.15, -0.1) is 10.2 Å². The maximum Gasteiger partial charge on any atom is 0.263 e. The van der Waals surface area contributed by atoms with Crippen molar-refractivity contribution in [2.45, 2.75) is 11.8 Å². The number of aromatic nitrogens is 2. The Kier molecular flexibility index (Phi) is 3.64. The first-order valence-corrected chi connectivity index (χ1v) is 7.76. The molecule has 96 valence electrons. The molecule has 0 aliphatic heterocycles. The third-order valence-electron chi connectivity index (χ3n) is 1.95. The zero-order valence-corrected chi connectivity index (χ0v) is 12.2. The van der Waals surface area contributed by atoms with Crippen molar-refractivity contribution in [2.75, 3.05) is 4.72 Å². The Morgan fingerprint density at radius 2 is 2.11 bits per heavy atom. The fraction of sp³-hybridized carbons (Fsp3) is 0.111. The van der Waals surface area contributed by atoms with Gasteiger partial charge in [0.05, 0.1) is 9.37 Å². The van der Waals surface area contributed by atoms with Gasteiger partial charge in [-0.2, -0.15) is 0 Å². The molecule has 1 aromatic heterocycles. The van der Waals surface area contributed by atoms with Crippen LogP contribution < -0.4 is 4.72 Å². The molecular formula is C9H7BrFN3O2S2. The van der Waals surface area contributed by atoms with E-state index in [1.54, 1.807) is 6.92 Å². The van der Waals surface area contributed by atoms with Crippen LogP contribution in [-0.4, -0.2) is 18.6 Å². The summed E-state index contributed by atoms with van der Waals surface area (Å²) in [5, 5.41) is 8.11. The minimum absolute atomic E-state index is 0.149. The Morgan fingerprint density at radius 1 is 1.39 bits per heavy atom. The second-order valence-corrected chi connectivity index (χ2v) is 7.03. The molecule has 2 rings (SSSR count). The van der Waals surface area contributed by atoms with Crippen molar-refractivity contribution in [3.63, 3.8) is 0 Å². The molecule has 1 aromatic carbocycles. The lowest BCUT2D eigenvalue weighted by atomic mass is 10.3. The van der Waals surface area contributed by atoms with Gasteiger partial charge in [0, 0.05) is 0 Å². The first kappa shape index (κ1) is 13.4. The summed E-state index contributed by atoms with van der Waals surface area (Å²) in [6.45, 7) is 1.70. The fourth-order valence-electron chi connectivity index (χ4n) is 1.16. The highest BCUT2D eigenvalue weighted by molar-refractivity contribution is 9.10. The molecule has 0 unspecified atom stereocenters. The van der Waals surface area contributed by atoms with Crippen molar-refractivity contribution >= 4 is 42.4 Å². The van der Waals surface area contributed by atoms with Crippen molar-refractivity contribution in [2.24, 2.45) is 0 Å². The number of hydrogen-bond acceptors (Lipinski definition) is 5. The lowest BCUT2D eigenvalue weighted by Gasteiger charge is -2.05. The standard InChI is InChI=1S/C9H7BrFN3O2S2/c1-5-12-13-9(17-5)14-18(15,16)6-2-3-7(10)8(11)4-6/h2-4H,1H3,(H,13,14). The zero-order chi connectivity index (χ0) is 13.3. The molecule has 1 N–H and O–H groups in total. The number of halogens is 2. The predicted octanol–water partition coefficient (Wildman–Crippen LogP) is 2.55. The van der Waals surface area contributed by atoms with Gasteiger partial charge in [-0.05, 0) is 41.1 Å². The minimum Gasteiger partial charge on any atom is -0.253 e. The van der Waals surface area contributed by atoms with Crippen molar-refractivity contribution in [3.05, 3.63) is 33.5 Å². The highest BCUT2D eigenvalue weighted by Crippen LogP contribution is 2.22. The van der Waals surface area contributed by atoms with Gasteiger partial charge in [-0.3, -0.25) is 4.72 Å². The van der Waals surface area contributed by atoms with E-state index in [1.165, 1.54) is 12.1 Å². The highest BCUT2D eigenvalue weighted by Gasteiger charge is 2.17. The van der Waals surface area contributed by atoms with Gasteiger partial charge < -0.3 is 0 Å². The number of rotatable bonds is 3. The molecule has 0 aliphatic rings. The van der Waals surface area contributed by atoms with Crippen LogP contribution in [0.4, 0.5) is 9.52 Å². The number of nitrogens with zero attached hydrogens (tertiary/aromatic N) is 2. The maximum atomic E-state index is 13.3. The van der Waals surface area contributed by atoms with E-state index in [4.69, 9.17) is 0 Å². The van der Waals surface area contributed by atoms with Gasteiger partial charge in [-0.25, -0.2) is 12.8 Å². The molecule has 5 nitrogen and oxygen atoms in total. The summed E-state index contributed by atoms with van der Waals surface area (Å²) in [6, 6.07) is 3.55. The Bertz CT molecular complexity index is 687. The second-order valence-electron chi connectivity index (χ2n) is 3.31. The van der Waals surface area contributed by atoms with Crippen LogP contribution in [0, 0.1) is 12.7 Å². The van der Waals surface area contributed by atoms with Crippen molar-refractivity contribution in [1.82, 2.24) is 10.2 Å². The first-order valence-electron chi connectivity index (χ1n) is 4.66. The van der Waals surface area contributed by atoms with Gasteiger partial charge in [0.1, 0.15) is 10.8 Å². The van der Waals surface area contributed by atoms with E-state index in [-0.39, 0.29) is 14.5 Å². The van der Waals surface area contributed by atoms with E-state index in [1.807, 2.05) is 0 Å². The van der Waals surface area contributed by atoms with Crippen LogP contribution in [0.25, 0.3) is 0 Å². The van der Waals surface area contributed by atoms with Gasteiger partial charge >= 0.3 is 0 Å². The molecule has 2 aromatic rings. The normalized spacial score (nSPS) is 11.5. The number of benzene rings is 1. The molecule has 0 aliphatic carbocycles. The Labute approximate surface area is 115 Å². The molecule has 18 heavy (non-hydrogen) atoms. The summed E-state index contributed by atoms with van der Waals surface area (Å²) >= 11 is 4.06. The minimum atomic E-state index is -3.84.